The third-order valence-corrected chi connectivity index (χ3v) is 2.32. The van der Waals surface area contributed by atoms with E-state index in [0.717, 1.165) is 16.5 Å². The predicted octanol–water partition coefficient (Wildman–Crippen LogP) is 2.91. The van der Waals surface area contributed by atoms with Crippen LogP contribution in [0.1, 0.15) is 5.56 Å². The maximum atomic E-state index is 8.12. The standard InChI is InChI=1S/C13H10N4O/c1-18-13-7-5-11-9-10(3-2-8-15-17-14)4-6-12(11)16-13/h4-7,9H,8H2,1H3. The largest absolute Gasteiger partial charge is 0.481 e. The molecule has 5 heteroatoms. The van der Waals surface area contributed by atoms with Crippen LogP contribution in [0.15, 0.2) is 35.4 Å². The van der Waals surface area contributed by atoms with Crippen molar-refractivity contribution in [2.24, 2.45) is 5.11 Å². The Labute approximate surface area is 104 Å². The lowest BCUT2D eigenvalue weighted by Gasteiger charge is -2.01. The molecule has 0 saturated heterocycles. The first-order valence-electron chi connectivity index (χ1n) is 5.28. The van der Waals surface area contributed by atoms with Gasteiger partial charge in [-0.2, -0.15) is 0 Å². The van der Waals surface area contributed by atoms with E-state index in [1.54, 1.807) is 13.2 Å². The van der Waals surface area contributed by atoms with Gasteiger partial charge in [0, 0.05) is 21.9 Å². The van der Waals surface area contributed by atoms with E-state index in [1.165, 1.54) is 0 Å². The van der Waals surface area contributed by atoms with E-state index in [1.807, 2.05) is 24.3 Å². The first-order chi connectivity index (χ1) is 8.83. The molecule has 0 aliphatic carbocycles. The molecule has 5 nitrogen and oxygen atoms in total. The molecular weight excluding hydrogens is 228 g/mol. The van der Waals surface area contributed by atoms with Gasteiger partial charge in [0.2, 0.25) is 5.88 Å². The van der Waals surface area contributed by atoms with Crippen LogP contribution in [0.3, 0.4) is 0 Å². The Morgan fingerprint density at radius 3 is 3.06 bits per heavy atom. The first kappa shape index (κ1) is 11.8. The lowest BCUT2D eigenvalue weighted by atomic mass is 10.1. The van der Waals surface area contributed by atoms with Crippen molar-refractivity contribution in [2.75, 3.05) is 13.7 Å². The second-order valence-electron chi connectivity index (χ2n) is 3.45. The second kappa shape index (κ2) is 5.58. The number of azide groups is 1. The summed E-state index contributed by atoms with van der Waals surface area (Å²) in [7, 11) is 1.59. The van der Waals surface area contributed by atoms with Gasteiger partial charge < -0.3 is 4.74 Å². The molecule has 0 aliphatic heterocycles. The Hall–Kier alpha value is -2.70. The van der Waals surface area contributed by atoms with Gasteiger partial charge in [0.05, 0.1) is 19.2 Å². The van der Waals surface area contributed by atoms with Crippen LogP contribution in [0.4, 0.5) is 0 Å². The number of nitrogens with zero attached hydrogens (tertiary/aromatic N) is 4. The molecule has 0 unspecified atom stereocenters. The van der Waals surface area contributed by atoms with Crippen molar-refractivity contribution < 1.29 is 4.74 Å². The molecule has 1 heterocycles. The van der Waals surface area contributed by atoms with Crippen LogP contribution < -0.4 is 4.74 Å². The van der Waals surface area contributed by atoms with E-state index in [4.69, 9.17) is 10.3 Å². The van der Waals surface area contributed by atoms with Crippen molar-refractivity contribution in [1.82, 2.24) is 4.98 Å². The topological polar surface area (TPSA) is 70.9 Å². The van der Waals surface area contributed by atoms with Crippen LogP contribution in [-0.4, -0.2) is 18.6 Å². The van der Waals surface area contributed by atoms with E-state index >= 15 is 0 Å². The van der Waals surface area contributed by atoms with Crippen molar-refractivity contribution in [3.63, 3.8) is 0 Å². The SMILES string of the molecule is COc1ccc2cc(C#CCN=[N+]=[N-])ccc2n1. The Balaban J connectivity index is 2.32. The Kier molecular flexibility index (Phi) is 3.65. The molecule has 0 radical (unpaired) electrons. The minimum atomic E-state index is 0.176. The van der Waals surface area contributed by atoms with Crippen LogP contribution in [-0.2, 0) is 0 Å². The van der Waals surface area contributed by atoms with Crippen molar-refractivity contribution in [1.29, 1.82) is 0 Å². The number of benzene rings is 1. The minimum Gasteiger partial charge on any atom is -0.481 e. The van der Waals surface area contributed by atoms with E-state index in [0.29, 0.717) is 5.88 Å². The molecule has 0 fully saturated rings. The molecule has 1 aromatic heterocycles. The zero-order valence-corrected chi connectivity index (χ0v) is 9.79. The number of rotatable bonds is 2. The first-order valence-corrected chi connectivity index (χ1v) is 5.28. The predicted molar refractivity (Wildman–Crippen MR) is 69.2 cm³/mol. The van der Waals surface area contributed by atoms with E-state index in [9.17, 15) is 0 Å². The molecular formula is C13H10N4O. The molecule has 2 aromatic rings. The smallest absolute Gasteiger partial charge is 0.213 e. The maximum Gasteiger partial charge on any atom is 0.213 e. The summed E-state index contributed by atoms with van der Waals surface area (Å²) in [5.74, 6) is 6.29. The average Bonchev–Trinajstić information content (AvgIpc) is 2.43. The highest BCUT2D eigenvalue weighted by Gasteiger charge is 1.98. The fraction of sp³-hybridized carbons (Fsp3) is 0.154. The second-order valence-corrected chi connectivity index (χ2v) is 3.45. The molecule has 0 N–H and O–H groups in total. The molecule has 1 aromatic carbocycles. The minimum absolute atomic E-state index is 0.176. The number of pyridine rings is 1. The van der Waals surface area contributed by atoms with Crippen LogP contribution in [0.2, 0.25) is 0 Å². The summed E-state index contributed by atoms with van der Waals surface area (Å²) >= 11 is 0. The lowest BCUT2D eigenvalue weighted by Crippen LogP contribution is -1.88. The lowest BCUT2D eigenvalue weighted by molar-refractivity contribution is 0.399. The zero-order valence-electron chi connectivity index (χ0n) is 9.79. The highest BCUT2D eigenvalue weighted by molar-refractivity contribution is 5.80. The summed E-state index contributed by atoms with van der Waals surface area (Å²) < 4.78 is 5.06. The van der Waals surface area contributed by atoms with Gasteiger partial charge in [-0.3, -0.25) is 0 Å². The molecule has 0 bridgehead atoms. The van der Waals surface area contributed by atoms with Crippen LogP contribution in [0.5, 0.6) is 5.88 Å². The molecule has 0 aliphatic rings. The molecule has 18 heavy (non-hydrogen) atoms. The van der Waals surface area contributed by atoms with Crippen molar-refractivity contribution in [2.45, 2.75) is 0 Å². The van der Waals surface area contributed by atoms with E-state index < -0.39 is 0 Å². The third-order valence-electron chi connectivity index (χ3n) is 2.32. The highest BCUT2D eigenvalue weighted by atomic mass is 16.5. The van der Waals surface area contributed by atoms with Gasteiger partial charge in [-0.05, 0) is 29.8 Å². The molecule has 0 saturated carbocycles. The van der Waals surface area contributed by atoms with Crippen molar-refractivity contribution >= 4 is 10.9 Å². The number of fused-ring (bicyclic) bond motifs is 1. The zero-order chi connectivity index (χ0) is 12.8. The highest BCUT2D eigenvalue weighted by Crippen LogP contribution is 2.17. The van der Waals surface area contributed by atoms with Gasteiger partial charge in [-0.1, -0.05) is 17.0 Å². The van der Waals surface area contributed by atoms with Crippen LogP contribution >= 0.6 is 0 Å². The molecule has 0 spiro atoms. The summed E-state index contributed by atoms with van der Waals surface area (Å²) in [6, 6.07) is 9.43. The summed E-state index contributed by atoms with van der Waals surface area (Å²) in [6.45, 7) is 0.176. The van der Waals surface area contributed by atoms with Gasteiger partial charge >= 0.3 is 0 Å². The van der Waals surface area contributed by atoms with Gasteiger partial charge in [0.1, 0.15) is 0 Å². The van der Waals surface area contributed by atoms with E-state index in [-0.39, 0.29) is 6.54 Å². The van der Waals surface area contributed by atoms with E-state index in [2.05, 4.69) is 26.9 Å². The Morgan fingerprint density at radius 2 is 2.28 bits per heavy atom. The van der Waals surface area contributed by atoms with Crippen LogP contribution in [0, 0.1) is 11.8 Å². The summed E-state index contributed by atoms with van der Waals surface area (Å²) in [5.41, 5.74) is 9.84. The van der Waals surface area contributed by atoms with Crippen molar-refractivity contribution in [3.05, 3.63) is 46.3 Å². The normalized spacial score (nSPS) is 9.17. The number of ether oxygens (including phenoxy) is 1. The monoisotopic (exact) mass is 238 g/mol. The fourth-order valence-electron chi connectivity index (χ4n) is 1.51. The maximum absolute atomic E-state index is 8.12. The number of aromatic nitrogens is 1. The number of hydrogen-bond acceptors (Lipinski definition) is 3. The Morgan fingerprint density at radius 1 is 1.39 bits per heavy atom. The number of methoxy groups -OCH3 is 1. The molecule has 0 amide bonds. The van der Waals surface area contributed by atoms with Crippen LogP contribution in [0.25, 0.3) is 21.3 Å². The van der Waals surface area contributed by atoms with Gasteiger partial charge in [0.15, 0.2) is 0 Å². The molecule has 2 rings (SSSR count). The summed E-state index contributed by atoms with van der Waals surface area (Å²) in [4.78, 5) is 6.94. The Bertz CT molecular complexity index is 678. The van der Waals surface area contributed by atoms with Crippen molar-refractivity contribution in [3.8, 4) is 17.7 Å². The molecule has 0 atom stereocenters. The quantitative estimate of drug-likeness (QED) is 0.349. The van der Waals surface area contributed by atoms with Gasteiger partial charge in [-0.25, -0.2) is 4.98 Å². The third kappa shape index (κ3) is 2.70. The summed E-state index contributed by atoms with van der Waals surface area (Å²) in [5, 5.41) is 4.34. The molecule has 88 valence electrons. The number of hydrogen-bond donors (Lipinski definition) is 0. The van der Waals surface area contributed by atoms with Gasteiger partial charge in [-0.15, -0.1) is 0 Å². The average molecular weight is 238 g/mol. The fourth-order valence-corrected chi connectivity index (χ4v) is 1.51. The summed E-state index contributed by atoms with van der Waals surface area (Å²) in [6.07, 6.45) is 0. The van der Waals surface area contributed by atoms with Gasteiger partial charge in [0.25, 0.3) is 0 Å².